The zero-order valence-electron chi connectivity index (χ0n) is 6.75. The van der Waals surface area contributed by atoms with Crippen molar-refractivity contribution < 1.29 is 9.84 Å². The van der Waals surface area contributed by atoms with E-state index in [2.05, 4.69) is 4.90 Å². The Morgan fingerprint density at radius 1 is 1.45 bits per heavy atom. The molecule has 3 nitrogen and oxygen atoms in total. The van der Waals surface area contributed by atoms with Gasteiger partial charge in [0.25, 0.3) is 0 Å². The SMILES string of the molecule is OCCN1CCOCC12CC2. The molecule has 0 aromatic rings. The molecule has 64 valence electrons. The lowest BCUT2D eigenvalue weighted by Crippen LogP contribution is -2.48. The van der Waals surface area contributed by atoms with E-state index < -0.39 is 0 Å². The highest BCUT2D eigenvalue weighted by Crippen LogP contribution is 2.43. The zero-order valence-corrected chi connectivity index (χ0v) is 6.75. The van der Waals surface area contributed by atoms with Gasteiger partial charge in [-0.25, -0.2) is 0 Å². The average molecular weight is 157 g/mol. The van der Waals surface area contributed by atoms with Gasteiger partial charge < -0.3 is 9.84 Å². The Bertz CT molecular complexity index is 143. The van der Waals surface area contributed by atoms with Crippen LogP contribution in [0.5, 0.6) is 0 Å². The molecule has 0 unspecified atom stereocenters. The molecule has 2 fully saturated rings. The van der Waals surface area contributed by atoms with Crippen molar-refractivity contribution in [3.05, 3.63) is 0 Å². The van der Waals surface area contributed by atoms with Crippen molar-refractivity contribution in [3.63, 3.8) is 0 Å². The largest absolute Gasteiger partial charge is 0.395 e. The first kappa shape index (κ1) is 7.53. The van der Waals surface area contributed by atoms with E-state index in [1.165, 1.54) is 12.8 Å². The summed E-state index contributed by atoms with van der Waals surface area (Å²) in [6.45, 7) is 3.82. The third-order valence-corrected chi connectivity index (χ3v) is 2.74. The number of rotatable bonds is 2. The van der Waals surface area contributed by atoms with E-state index in [4.69, 9.17) is 9.84 Å². The minimum atomic E-state index is 0.280. The molecule has 0 radical (unpaired) electrons. The van der Waals surface area contributed by atoms with Gasteiger partial charge in [-0.3, -0.25) is 4.90 Å². The summed E-state index contributed by atoms with van der Waals surface area (Å²) in [5.74, 6) is 0. The second-order valence-corrected chi connectivity index (χ2v) is 3.49. The van der Waals surface area contributed by atoms with E-state index in [0.717, 1.165) is 26.3 Å². The molecule has 1 saturated heterocycles. The summed E-state index contributed by atoms with van der Waals surface area (Å²) >= 11 is 0. The summed E-state index contributed by atoms with van der Waals surface area (Å²) in [5.41, 5.74) is 0.348. The van der Waals surface area contributed by atoms with Crippen LogP contribution in [-0.4, -0.2) is 48.5 Å². The molecule has 0 aromatic heterocycles. The first-order chi connectivity index (χ1) is 5.37. The van der Waals surface area contributed by atoms with Crippen molar-refractivity contribution in [2.75, 3.05) is 32.9 Å². The summed E-state index contributed by atoms with van der Waals surface area (Å²) in [4.78, 5) is 2.37. The van der Waals surface area contributed by atoms with Crippen LogP contribution in [0.2, 0.25) is 0 Å². The Labute approximate surface area is 66.9 Å². The molecule has 1 heterocycles. The molecule has 0 atom stereocenters. The molecule has 2 rings (SSSR count). The predicted octanol–water partition coefficient (Wildman–Crippen LogP) is -0.157. The highest BCUT2D eigenvalue weighted by molar-refractivity contribution is 5.05. The van der Waals surface area contributed by atoms with Crippen LogP contribution < -0.4 is 0 Å². The summed E-state index contributed by atoms with van der Waals surface area (Å²) in [5, 5.41) is 8.80. The first-order valence-electron chi connectivity index (χ1n) is 4.31. The van der Waals surface area contributed by atoms with Gasteiger partial charge in [0.05, 0.1) is 19.8 Å². The summed E-state index contributed by atoms with van der Waals surface area (Å²) < 4.78 is 5.40. The van der Waals surface area contributed by atoms with Gasteiger partial charge in [-0.05, 0) is 12.8 Å². The molecule has 1 aliphatic heterocycles. The number of hydrogen-bond acceptors (Lipinski definition) is 3. The zero-order chi connectivity index (χ0) is 7.73. The maximum Gasteiger partial charge on any atom is 0.0651 e. The highest BCUT2D eigenvalue weighted by Gasteiger charge is 2.49. The van der Waals surface area contributed by atoms with Crippen LogP contribution in [0, 0.1) is 0 Å². The van der Waals surface area contributed by atoms with Gasteiger partial charge in [0.15, 0.2) is 0 Å². The Morgan fingerprint density at radius 3 is 2.91 bits per heavy atom. The van der Waals surface area contributed by atoms with Crippen molar-refractivity contribution in [1.29, 1.82) is 0 Å². The molecular weight excluding hydrogens is 142 g/mol. The van der Waals surface area contributed by atoms with Gasteiger partial charge in [-0.2, -0.15) is 0 Å². The molecule has 1 N–H and O–H groups in total. The third kappa shape index (κ3) is 1.28. The lowest BCUT2D eigenvalue weighted by atomic mass is 10.2. The van der Waals surface area contributed by atoms with Crippen molar-refractivity contribution in [3.8, 4) is 0 Å². The number of nitrogens with zero attached hydrogens (tertiary/aromatic N) is 1. The van der Waals surface area contributed by atoms with Crippen molar-refractivity contribution in [2.45, 2.75) is 18.4 Å². The topological polar surface area (TPSA) is 32.7 Å². The fourth-order valence-electron chi connectivity index (χ4n) is 1.84. The van der Waals surface area contributed by atoms with Gasteiger partial charge in [0.1, 0.15) is 0 Å². The number of aliphatic hydroxyl groups excluding tert-OH is 1. The van der Waals surface area contributed by atoms with E-state index in [-0.39, 0.29) is 6.61 Å². The van der Waals surface area contributed by atoms with Crippen molar-refractivity contribution in [2.24, 2.45) is 0 Å². The molecule has 0 amide bonds. The monoisotopic (exact) mass is 157 g/mol. The van der Waals surface area contributed by atoms with E-state index >= 15 is 0 Å². The van der Waals surface area contributed by atoms with Gasteiger partial charge in [0, 0.05) is 18.6 Å². The van der Waals surface area contributed by atoms with E-state index in [1.54, 1.807) is 0 Å². The normalized spacial score (nSPS) is 29.2. The lowest BCUT2D eigenvalue weighted by molar-refractivity contribution is -0.0260. The summed E-state index contributed by atoms with van der Waals surface area (Å²) in [6.07, 6.45) is 2.51. The molecule has 1 spiro atoms. The number of β-amino-alcohol motifs (C(OH)–C–C–N with tert-alkyl or cyclic N) is 1. The summed E-state index contributed by atoms with van der Waals surface area (Å²) in [6, 6.07) is 0. The molecule has 0 bridgehead atoms. The van der Waals surface area contributed by atoms with E-state index in [0.29, 0.717) is 5.54 Å². The minimum Gasteiger partial charge on any atom is -0.395 e. The fraction of sp³-hybridized carbons (Fsp3) is 1.00. The number of ether oxygens (including phenoxy) is 1. The maximum atomic E-state index is 8.80. The maximum absolute atomic E-state index is 8.80. The molecule has 2 aliphatic rings. The number of morpholine rings is 1. The minimum absolute atomic E-state index is 0.280. The predicted molar refractivity (Wildman–Crippen MR) is 41.4 cm³/mol. The number of hydrogen-bond donors (Lipinski definition) is 1. The van der Waals surface area contributed by atoms with Crippen LogP contribution in [0.25, 0.3) is 0 Å². The Morgan fingerprint density at radius 2 is 2.27 bits per heavy atom. The van der Waals surface area contributed by atoms with Crippen LogP contribution in [0.3, 0.4) is 0 Å². The van der Waals surface area contributed by atoms with Gasteiger partial charge in [-0.15, -0.1) is 0 Å². The van der Waals surface area contributed by atoms with Gasteiger partial charge >= 0.3 is 0 Å². The van der Waals surface area contributed by atoms with Gasteiger partial charge in [-0.1, -0.05) is 0 Å². The van der Waals surface area contributed by atoms with Crippen molar-refractivity contribution in [1.82, 2.24) is 4.90 Å². The van der Waals surface area contributed by atoms with Crippen LogP contribution in [0.15, 0.2) is 0 Å². The Kier molecular flexibility index (Phi) is 1.87. The Balaban J connectivity index is 1.93. The molecule has 1 saturated carbocycles. The molecular formula is C8H15NO2. The van der Waals surface area contributed by atoms with Crippen LogP contribution in [0.4, 0.5) is 0 Å². The highest BCUT2D eigenvalue weighted by atomic mass is 16.5. The average Bonchev–Trinajstić information content (AvgIpc) is 2.77. The molecule has 1 aliphatic carbocycles. The van der Waals surface area contributed by atoms with Crippen LogP contribution in [0.1, 0.15) is 12.8 Å². The van der Waals surface area contributed by atoms with E-state index in [1.807, 2.05) is 0 Å². The molecule has 3 heteroatoms. The van der Waals surface area contributed by atoms with Crippen LogP contribution in [-0.2, 0) is 4.74 Å². The summed E-state index contributed by atoms with van der Waals surface area (Å²) in [7, 11) is 0. The quantitative estimate of drug-likeness (QED) is 0.604. The smallest absolute Gasteiger partial charge is 0.0651 e. The van der Waals surface area contributed by atoms with Crippen molar-refractivity contribution >= 4 is 0 Å². The van der Waals surface area contributed by atoms with E-state index in [9.17, 15) is 0 Å². The standard InChI is InChI=1S/C8H15NO2/c10-5-3-9-4-6-11-7-8(9)1-2-8/h10H,1-7H2. The molecule has 11 heavy (non-hydrogen) atoms. The van der Waals surface area contributed by atoms with Crippen LogP contribution >= 0.6 is 0 Å². The fourth-order valence-corrected chi connectivity index (χ4v) is 1.84. The van der Waals surface area contributed by atoms with Gasteiger partial charge in [0.2, 0.25) is 0 Å². The Hall–Kier alpha value is -0.120. The number of aliphatic hydroxyl groups is 1. The second-order valence-electron chi connectivity index (χ2n) is 3.49. The second kappa shape index (κ2) is 2.73. The third-order valence-electron chi connectivity index (χ3n) is 2.74. The first-order valence-corrected chi connectivity index (χ1v) is 4.31. The lowest BCUT2D eigenvalue weighted by Gasteiger charge is -2.35. The molecule has 0 aromatic carbocycles.